The molecular weight excluding hydrogens is 476 g/mol. The molecule has 3 aromatic heterocycles. The van der Waals surface area contributed by atoms with Crippen LogP contribution in [0.5, 0.6) is 0 Å². The predicted octanol–water partition coefficient (Wildman–Crippen LogP) is 9.68. The molecule has 0 radical (unpaired) electrons. The van der Waals surface area contributed by atoms with E-state index in [0.717, 1.165) is 55.6 Å². The summed E-state index contributed by atoms with van der Waals surface area (Å²) in [5.41, 5.74) is 7.86. The lowest BCUT2D eigenvalue weighted by Gasteiger charge is -2.08. The maximum Gasteiger partial charge on any atom is 0.145 e. The van der Waals surface area contributed by atoms with Gasteiger partial charge in [0.25, 0.3) is 0 Å². The molecule has 39 heavy (non-hydrogen) atoms. The second kappa shape index (κ2) is 8.64. The molecule has 0 amide bonds. The van der Waals surface area contributed by atoms with Crippen molar-refractivity contribution in [3.63, 3.8) is 0 Å². The number of hydrogen-bond donors (Lipinski definition) is 0. The number of furan rings is 1. The average molecular weight is 499 g/mol. The minimum absolute atomic E-state index is 0.872. The van der Waals surface area contributed by atoms with Crippen LogP contribution in [0.4, 0.5) is 0 Å². The lowest BCUT2D eigenvalue weighted by molar-refractivity contribution is 0.670. The Kier molecular flexibility index (Phi) is 4.82. The van der Waals surface area contributed by atoms with Crippen molar-refractivity contribution in [2.24, 2.45) is 0 Å². The summed E-state index contributed by atoms with van der Waals surface area (Å²) in [7, 11) is 0. The first-order chi connectivity index (χ1) is 19.3. The summed E-state index contributed by atoms with van der Waals surface area (Å²) in [6, 6.07) is 42.2. The van der Waals surface area contributed by atoms with Gasteiger partial charge >= 0.3 is 0 Å². The van der Waals surface area contributed by atoms with Gasteiger partial charge in [0.15, 0.2) is 0 Å². The van der Waals surface area contributed by atoms with E-state index in [1.807, 2.05) is 30.6 Å². The lowest BCUT2D eigenvalue weighted by atomic mass is 9.97. The molecule has 0 saturated carbocycles. The number of pyridine rings is 2. The summed E-state index contributed by atoms with van der Waals surface area (Å²) in [6.45, 7) is 0. The highest BCUT2D eigenvalue weighted by Crippen LogP contribution is 2.41. The maximum atomic E-state index is 6.59. The summed E-state index contributed by atoms with van der Waals surface area (Å²) < 4.78 is 6.59. The van der Waals surface area contributed by atoms with Crippen LogP contribution in [0.25, 0.3) is 77.1 Å². The average Bonchev–Trinajstić information content (AvgIpc) is 3.38. The fourth-order valence-corrected chi connectivity index (χ4v) is 5.62. The van der Waals surface area contributed by atoms with Gasteiger partial charge in [-0.2, -0.15) is 0 Å². The van der Waals surface area contributed by atoms with Crippen molar-refractivity contribution < 1.29 is 4.42 Å². The monoisotopic (exact) mass is 498 g/mol. The van der Waals surface area contributed by atoms with Crippen LogP contribution >= 0.6 is 0 Å². The van der Waals surface area contributed by atoms with Crippen molar-refractivity contribution >= 4 is 43.5 Å². The first-order valence-electron chi connectivity index (χ1n) is 13.1. The van der Waals surface area contributed by atoms with Gasteiger partial charge in [-0.3, -0.25) is 9.97 Å². The quantitative estimate of drug-likeness (QED) is 0.243. The van der Waals surface area contributed by atoms with Crippen LogP contribution < -0.4 is 0 Å². The summed E-state index contributed by atoms with van der Waals surface area (Å²) in [4.78, 5) is 9.44. The van der Waals surface area contributed by atoms with Gasteiger partial charge in [-0.15, -0.1) is 0 Å². The van der Waals surface area contributed by atoms with Crippen molar-refractivity contribution in [3.05, 3.63) is 134 Å². The molecule has 0 spiro atoms. The van der Waals surface area contributed by atoms with Gasteiger partial charge in [-0.25, -0.2) is 0 Å². The number of benzene rings is 5. The zero-order valence-electron chi connectivity index (χ0n) is 21.0. The molecule has 0 unspecified atom stereocenters. The smallest absolute Gasteiger partial charge is 0.145 e. The molecule has 8 rings (SSSR count). The fourth-order valence-electron chi connectivity index (χ4n) is 5.62. The molecule has 0 saturated heterocycles. The molecule has 5 aromatic carbocycles. The second-order valence-corrected chi connectivity index (χ2v) is 9.87. The molecule has 182 valence electrons. The molecule has 3 heterocycles. The predicted molar refractivity (Wildman–Crippen MR) is 161 cm³/mol. The number of fused-ring (bicyclic) bond motifs is 6. The molecule has 3 heteroatoms. The fraction of sp³-hybridized carbons (Fsp3) is 0. The molecular formula is C36H22N2O. The largest absolute Gasteiger partial charge is 0.455 e. The Hall–Kier alpha value is -5.28. The Bertz CT molecular complexity index is 2160. The Morgan fingerprint density at radius 3 is 2.10 bits per heavy atom. The highest BCUT2D eigenvalue weighted by Gasteiger charge is 2.17. The topological polar surface area (TPSA) is 38.9 Å². The van der Waals surface area contributed by atoms with Crippen molar-refractivity contribution in [2.45, 2.75) is 0 Å². The number of rotatable bonds is 3. The molecule has 0 N–H and O–H groups in total. The maximum absolute atomic E-state index is 6.59. The first-order valence-corrected chi connectivity index (χ1v) is 13.1. The number of nitrogens with zero attached hydrogens (tertiary/aromatic N) is 2. The highest BCUT2D eigenvalue weighted by molar-refractivity contribution is 6.23. The molecule has 0 fully saturated rings. The van der Waals surface area contributed by atoms with E-state index < -0.39 is 0 Å². The molecule has 3 nitrogen and oxygen atoms in total. The molecule has 8 aromatic rings. The summed E-state index contributed by atoms with van der Waals surface area (Å²) in [5, 5.41) is 7.00. The number of aromatic nitrogens is 2. The Balaban J connectivity index is 1.30. The number of hydrogen-bond acceptors (Lipinski definition) is 3. The van der Waals surface area contributed by atoms with Gasteiger partial charge in [-0.05, 0) is 69.6 Å². The van der Waals surface area contributed by atoms with Crippen molar-refractivity contribution in [1.29, 1.82) is 0 Å². The van der Waals surface area contributed by atoms with E-state index in [2.05, 4.69) is 108 Å². The lowest BCUT2D eigenvalue weighted by Crippen LogP contribution is -1.88. The third-order valence-corrected chi connectivity index (χ3v) is 7.53. The van der Waals surface area contributed by atoms with Crippen molar-refractivity contribution in [3.8, 4) is 33.6 Å². The van der Waals surface area contributed by atoms with Gasteiger partial charge < -0.3 is 4.42 Å². The zero-order chi connectivity index (χ0) is 25.8. The highest BCUT2D eigenvalue weighted by atomic mass is 16.3. The van der Waals surface area contributed by atoms with Crippen LogP contribution in [0.15, 0.2) is 138 Å². The second-order valence-electron chi connectivity index (χ2n) is 9.87. The van der Waals surface area contributed by atoms with Gasteiger partial charge in [-0.1, -0.05) is 78.9 Å². The van der Waals surface area contributed by atoms with Crippen LogP contribution in [-0.2, 0) is 0 Å². The van der Waals surface area contributed by atoms with E-state index in [9.17, 15) is 0 Å². The van der Waals surface area contributed by atoms with Crippen LogP contribution in [0, 0.1) is 0 Å². The molecule has 0 atom stereocenters. The van der Waals surface area contributed by atoms with E-state index in [4.69, 9.17) is 9.40 Å². The van der Waals surface area contributed by atoms with Gasteiger partial charge in [0.1, 0.15) is 11.2 Å². The van der Waals surface area contributed by atoms with Gasteiger partial charge in [0.2, 0.25) is 0 Å². The minimum Gasteiger partial charge on any atom is -0.455 e. The molecule has 0 aliphatic carbocycles. The van der Waals surface area contributed by atoms with Crippen LogP contribution in [0.2, 0.25) is 0 Å². The van der Waals surface area contributed by atoms with Gasteiger partial charge in [0.05, 0.1) is 11.4 Å². The summed E-state index contributed by atoms with van der Waals surface area (Å²) in [6.07, 6.45) is 3.77. The Labute approximate surface area is 225 Å². The van der Waals surface area contributed by atoms with Crippen molar-refractivity contribution in [1.82, 2.24) is 9.97 Å². The van der Waals surface area contributed by atoms with E-state index in [0.29, 0.717) is 0 Å². The van der Waals surface area contributed by atoms with Gasteiger partial charge in [0, 0.05) is 39.9 Å². The van der Waals surface area contributed by atoms with Crippen LogP contribution in [0.1, 0.15) is 0 Å². The van der Waals surface area contributed by atoms with E-state index in [-0.39, 0.29) is 0 Å². The normalized spacial score (nSPS) is 11.6. The van der Waals surface area contributed by atoms with E-state index >= 15 is 0 Å². The zero-order valence-corrected chi connectivity index (χ0v) is 21.0. The molecule has 0 bridgehead atoms. The molecule has 0 aliphatic heterocycles. The van der Waals surface area contributed by atoms with Crippen LogP contribution in [0.3, 0.4) is 0 Å². The Morgan fingerprint density at radius 2 is 1.28 bits per heavy atom. The van der Waals surface area contributed by atoms with E-state index in [1.165, 1.54) is 21.5 Å². The third-order valence-electron chi connectivity index (χ3n) is 7.53. The van der Waals surface area contributed by atoms with Crippen molar-refractivity contribution in [2.75, 3.05) is 0 Å². The summed E-state index contributed by atoms with van der Waals surface area (Å²) in [5.74, 6) is 0. The minimum atomic E-state index is 0.872. The van der Waals surface area contributed by atoms with E-state index in [1.54, 1.807) is 0 Å². The third kappa shape index (κ3) is 3.59. The standard InChI is InChI=1S/C36H22N2O/c1-2-9-25-21-34-31(19-24(25)8-1)35-29-13-4-3-10-26(29)20-30(36(35)39-34)33-16-15-28(22-38-33)23-11-7-12-27(18-23)32-14-5-6-17-37-32/h1-22H. The summed E-state index contributed by atoms with van der Waals surface area (Å²) >= 11 is 0. The molecule has 0 aliphatic rings. The van der Waals surface area contributed by atoms with Crippen LogP contribution in [-0.4, -0.2) is 9.97 Å². The first kappa shape index (κ1) is 21.8. The SMILES string of the molecule is c1ccc(-c2cccc(-c3ccc(-c4cc5ccccc5c5c4oc4cc6ccccc6cc45)nc3)c2)nc1. The Morgan fingerprint density at radius 1 is 0.487 bits per heavy atom.